The summed E-state index contributed by atoms with van der Waals surface area (Å²) in [6.45, 7) is 14.1. The van der Waals surface area contributed by atoms with E-state index in [0.717, 1.165) is 11.8 Å². The van der Waals surface area contributed by atoms with Crippen molar-refractivity contribution in [1.29, 1.82) is 0 Å². The van der Waals surface area contributed by atoms with Crippen molar-refractivity contribution >= 4 is 95.2 Å². The van der Waals surface area contributed by atoms with E-state index in [1.165, 1.54) is 176 Å². The molecule has 12 aromatic carbocycles. The molecule has 3 nitrogen and oxygen atoms in total. The highest BCUT2D eigenvalue weighted by molar-refractivity contribution is 7.00. The molecule has 0 N–H and O–H groups in total. The molecule has 2 saturated heterocycles. The fourth-order valence-corrected chi connectivity index (χ4v) is 16.5. The second-order valence-electron chi connectivity index (χ2n) is 27.8. The van der Waals surface area contributed by atoms with Gasteiger partial charge in [0, 0.05) is 51.9 Å². The van der Waals surface area contributed by atoms with Crippen LogP contribution < -0.4 is 31.1 Å². The van der Waals surface area contributed by atoms with Gasteiger partial charge in [-0.25, -0.2) is 0 Å². The van der Waals surface area contributed by atoms with E-state index < -0.39 is 0 Å². The first-order valence-corrected chi connectivity index (χ1v) is 31.3. The molecule has 2 saturated carbocycles. The van der Waals surface area contributed by atoms with Gasteiger partial charge < -0.3 is 14.7 Å². The average molecular weight is 1100 g/mol. The van der Waals surface area contributed by atoms with Gasteiger partial charge in [0.2, 0.25) is 0 Å². The first-order chi connectivity index (χ1) is 41.3. The molecule has 0 amide bonds. The number of nitrogens with zero attached hydrogens (tertiary/aromatic N) is 3. The van der Waals surface area contributed by atoms with Crippen LogP contribution in [0.5, 0.6) is 0 Å². The number of hydrogen-bond donors (Lipinski definition) is 0. The lowest BCUT2D eigenvalue weighted by atomic mass is 9.33. The smallest absolute Gasteiger partial charge is 0.252 e. The highest BCUT2D eigenvalue weighted by Crippen LogP contribution is 2.54. The Kier molecular flexibility index (Phi) is 11.2. The van der Waals surface area contributed by atoms with E-state index in [0.29, 0.717) is 12.1 Å². The Labute approximate surface area is 501 Å². The maximum absolute atomic E-state index is 2.92. The Morgan fingerprint density at radius 3 is 1.36 bits per heavy atom. The number of rotatable bonds is 7. The minimum Gasteiger partial charge on any atom is -0.365 e. The van der Waals surface area contributed by atoms with Crippen LogP contribution in [0.25, 0.3) is 76.8 Å². The summed E-state index contributed by atoms with van der Waals surface area (Å²) in [5.74, 6) is 1.69. The van der Waals surface area contributed by atoms with Gasteiger partial charge in [0.1, 0.15) is 0 Å². The van der Waals surface area contributed by atoms with Crippen molar-refractivity contribution < 1.29 is 0 Å². The summed E-state index contributed by atoms with van der Waals surface area (Å²) in [7, 11) is 0. The minimum atomic E-state index is -0.0738. The zero-order valence-electron chi connectivity index (χ0n) is 49.7. The van der Waals surface area contributed by atoms with Crippen LogP contribution >= 0.6 is 0 Å². The van der Waals surface area contributed by atoms with E-state index in [1.54, 1.807) is 0 Å². The molecule has 4 heterocycles. The van der Waals surface area contributed by atoms with Gasteiger partial charge in [-0.3, -0.25) is 0 Å². The summed E-state index contributed by atoms with van der Waals surface area (Å²) in [6, 6.07) is 90.2. The zero-order valence-corrected chi connectivity index (χ0v) is 49.7. The van der Waals surface area contributed by atoms with Crippen LogP contribution in [0.2, 0.25) is 0 Å². The standard InChI is InChI=1S/C81H70BN3/c1-80(2,3)62-41-59-22-23-60-42-63(81(4,5)6)47-70-69(44-61(43-62)77(59)78(60)70)58-29-35-73-72(45-58)82-71-34-28-57(54-20-14-9-15-21-54)46-74(71)85(65-32-26-56(27-33-65)53-18-12-8-13-19-53)76-49-68(83-66-37-50-36-51(39-66)40-67(83)38-50)48-75(79(76)82)84(73)64-30-24-55(25-31-64)52-16-10-7-11-17-52/h7-35,41-51,66-67H,36-40H2,1-6H3. The Morgan fingerprint density at radius 1 is 0.341 bits per heavy atom. The van der Waals surface area contributed by atoms with Crippen LogP contribution in [0, 0.1) is 11.8 Å². The third-order valence-electron chi connectivity index (χ3n) is 20.5. The minimum absolute atomic E-state index is 0.0107. The van der Waals surface area contributed by atoms with Crippen molar-refractivity contribution in [2.45, 2.75) is 96.6 Å². The van der Waals surface area contributed by atoms with E-state index in [9.17, 15) is 0 Å². The summed E-state index contributed by atoms with van der Waals surface area (Å²) in [4.78, 5) is 8.23. The zero-order chi connectivity index (χ0) is 57.0. The highest BCUT2D eigenvalue weighted by atomic mass is 15.2. The van der Waals surface area contributed by atoms with Crippen molar-refractivity contribution in [3.8, 4) is 44.5 Å². The molecular weight excluding hydrogens is 1030 g/mol. The summed E-state index contributed by atoms with van der Waals surface area (Å²) < 4.78 is 0. The van der Waals surface area contributed by atoms with Crippen molar-refractivity contribution in [3.63, 3.8) is 0 Å². The average Bonchev–Trinajstić information content (AvgIpc) is 0.881. The number of anilines is 7. The van der Waals surface area contributed by atoms with Crippen LogP contribution in [-0.4, -0.2) is 18.8 Å². The lowest BCUT2D eigenvalue weighted by Gasteiger charge is -2.58. The molecule has 4 heteroatoms. The Bertz CT molecular complexity index is 4580. The van der Waals surface area contributed by atoms with Crippen molar-refractivity contribution in [2.24, 2.45) is 11.8 Å². The molecule has 6 aliphatic rings. The number of hydrogen-bond acceptors (Lipinski definition) is 3. The monoisotopic (exact) mass is 1100 g/mol. The van der Waals surface area contributed by atoms with E-state index in [-0.39, 0.29) is 17.5 Å². The largest absolute Gasteiger partial charge is 0.365 e. The normalized spacial score (nSPS) is 18.6. The lowest BCUT2D eigenvalue weighted by molar-refractivity contribution is 0.0900. The van der Waals surface area contributed by atoms with E-state index in [2.05, 4.69) is 287 Å². The van der Waals surface area contributed by atoms with Gasteiger partial charge >= 0.3 is 0 Å². The van der Waals surface area contributed by atoms with Gasteiger partial charge in [-0.05, 0) is 220 Å². The molecule has 0 radical (unpaired) electrons. The van der Waals surface area contributed by atoms with Crippen LogP contribution in [0.3, 0.4) is 0 Å². The fourth-order valence-electron chi connectivity index (χ4n) is 16.5. The predicted molar refractivity (Wildman–Crippen MR) is 363 cm³/mol. The third-order valence-corrected chi connectivity index (χ3v) is 20.5. The molecular formula is C81H70BN3. The molecule has 4 bridgehead atoms. The van der Waals surface area contributed by atoms with Crippen LogP contribution in [0.4, 0.5) is 39.8 Å². The van der Waals surface area contributed by atoms with Gasteiger partial charge in [-0.15, -0.1) is 0 Å². The summed E-state index contributed by atoms with van der Waals surface area (Å²) >= 11 is 0. The Morgan fingerprint density at radius 2 is 0.812 bits per heavy atom. The van der Waals surface area contributed by atoms with Gasteiger partial charge in [-0.1, -0.05) is 211 Å². The molecule has 412 valence electrons. The second-order valence-corrected chi connectivity index (χ2v) is 27.8. The Hall–Kier alpha value is -8.86. The molecule has 12 aromatic rings. The highest BCUT2D eigenvalue weighted by Gasteiger charge is 2.49. The second kappa shape index (κ2) is 18.8. The molecule has 4 aliphatic heterocycles. The maximum Gasteiger partial charge on any atom is 0.252 e. The van der Waals surface area contributed by atoms with Gasteiger partial charge in [0.05, 0.1) is 0 Å². The van der Waals surface area contributed by atoms with Crippen LogP contribution in [-0.2, 0) is 10.8 Å². The van der Waals surface area contributed by atoms with Crippen LogP contribution in [0.15, 0.2) is 231 Å². The number of fused-ring (bicyclic) bond motifs is 4. The molecule has 4 fully saturated rings. The van der Waals surface area contributed by atoms with Crippen LogP contribution in [0.1, 0.15) is 84.8 Å². The van der Waals surface area contributed by atoms with Crippen molar-refractivity contribution in [2.75, 3.05) is 14.7 Å². The fraction of sp³-hybridized carbons (Fsp3) is 0.210. The quantitative estimate of drug-likeness (QED) is 0.116. The lowest BCUT2D eigenvalue weighted by Crippen LogP contribution is -2.62. The molecule has 0 unspecified atom stereocenters. The summed E-state index contributed by atoms with van der Waals surface area (Å²) in [5.41, 5.74) is 25.2. The van der Waals surface area contributed by atoms with Gasteiger partial charge in [0.15, 0.2) is 0 Å². The van der Waals surface area contributed by atoms with Crippen molar-refractivity contribution in [3.05, 3.63) is 242 Å². The summed E-state index contributed by atoms with van der Waals surface area (Å²) in [5, 5.41) is 7.99. The van der Waals surface area contributed by atoms with E-state index in [4.69, 9.17) is 0 Å². The topological polar surface area (TPSA) is 9.72 Å². The Balaban J connectivity index is 0.956. The first-order valence-electron chi connectivity index (χ1n) is 31.3. The predicted octanol–water partition coefficient (Wildman–Crippen LogP) is 19.7. The van der Waals surface area contributed by atoms with E-state index in [1.807, 2.05) is 0 Å². The summed E-state index contributed by atoms with van der Waals surface area (Å²) in [6.07, 6.45) is 6.60. The molecule has 0 spiro atoms. The molecule has 0 atom stereocenters. The molecule has 0 aromatic heterocycles. The first kappa shape index (κ1) is 50.6. The van der Waals surface area contributed by atoms with Gasteiger partial charge in [-0.2, -0.15) is 0 Å². The van der Waals surface area contributed by atoms with Crippen molar-refractivity contribution in [1.82, 2.24) is 0 Å². The maximum atomic E-state index is 2.92. The third kappa shape index (κ3) is 8.15. The van der Waals surface area contributed by atoms with E-state index >= 15 is 0 Å². The molecule has 18 rings (SSSR count). The van der Waals surface area contributed by atoms with Gasteiger partial charge in [0.25, 0.3) is 6.71 Å². The SMILES string of the molecule is CC(C)(C)c1cc2ccc3cc(C(C)(C)C)cc4c(-c5ccc6c(c5)B5c7ccc(-c8ccccc8)cc7N(c7ccc(-c8ccccc8)cc7)c7cc(N8C9CC%10CC(C9)CC8C%10)cc(c75)N6c5ccc(-c6ccccc6)cc5)cc(c1)c2c34. The molecule has 85 heavy (non-hydrogen) atoms. The number of benzene rings is 12. The molecule has 2 aliphatic carbocycles. The number of piperidine rings is 2.